The molecular formula is C10H20N2O3S. The number of nitrogens with one attached hydrogen (secondary N) is 1. The summed E-state index contributed by atoms with van der Waals surface area (Å²) in [6, 6.07) is 0.418. The van der Waals surface area contributed by atoms with Gasteiger partial charge in [-0.25, -0.2) is 8.42 Å². The Bertz CT molecular complexity index is 353. The van der Waals surface area contributed by atoms with Crippen LogP contribution in [0.1, 0.15) is 20.3 Å². The van der Waals surface area contributed by atoms with Crippen LogP contribution in [0.5, 0.6) is 0 Å². The lowest BCUT2D eigenvalue weighted by Crippen LogP contribution is -2.56. The van der Waals surface area contributed by atoms with Gasteiger partial charge in [-0.1, -0.05) is 0 Å². The van der Waals surface area contributed by atoms with Gasteiger partial charge in [-0.15, -0.1) is 0 Å². The molecule has 1 heterocycles. The molecule has 1 rings (SSSR count). The van der Waals surface area contributed by atoms with Crippen molar-refractivity contribution in [3.8, 4) is 0 Å². The van der Waals surface area contributed by atoms with E-state index in [1.54, 1.807) is 4.90 Å². The van der Waals surface area contributed by atoms with E-state index in [0.29, 0.717) is 6.54 Å². The summed E-state index contributed by atoms with van der Waals surface area (Å²) in [7, 11) is -3.05. The topological polar surface area (TPSA) is 66.5 Å². The van der Waals surface area contributed by atoms with E-state index in [0.717, 1.165) is 12.8 Å². The maximum Gasteiger partial charge on any atom is 0.223 e. The number of carbonyl (C=O) groups excluding carboxylic acids is 1. The smallest absolute Gasteiger partial charge is 0.223 e. The van der Waals surface area contributed by atoms with E-state index < -0.39 is 9.84 Å². The summed E-state index contributed by atoms with van der Waals surface area (Å²) in [5.74, 6) is -0.122. The molecule has 0 aromatic rings. The van der Waals surface area contributed by atoms with Crippen LogP contribution in [0.4, 0.5) is 0 Å². The molecule has 94 valence electrons. The van der Waals surface area contributed by atoms with Gasteiger partial charge in [0.1, 0.15) is 9.84 Å². The van der Waals surface area contributed by atoms with Crippen LogP contribution >= 0.6 is 0 Å². The number of hydrogen-bond acceptors (Lipinski definition) is 4. The lowest BCUT2D eigenvalue weighted by Gasteiger charge is -2.37. The zero-order valence-electron chi connectivity index (χ0n) is 10.1. The summed E-state index contributed by atoms with van der Waals surface area (Å²) in [5.41, 5.74) is 0. The predicted octanol–water partition coefficient (Wildman–Crippen LogP) is -0.370. The minimum atomic E-state index is -3.05. The number of amides is 1. The Morgan fingerprint density at radius 3 is 2.62 bits per heavy atom. The summed E-state index contributed by atoms with van der Waals surface area (Å²) in [6.45, 7) is 5.41. The Kier molecular flexibility index (Phi) is 4.32. The normalized spacial score (nSPS) is 26.8. The molecule has 1 fully saturated rings. The number of nitrogens with zero attached hydrogens (tertiary/aromatic N) is 1. The number of sulfone groups is 1. The monoisotopic (exact) mass is 248 g/mol. The van der Waals surface area contributed by atoms with Crippen molar-refractivity contribution >= 4 is 15.7 Å². The summed E-state index contributed by atoms with van der Waals surface area (Å²) in [4.78, 5) is 13.6. The number of hydrogen-bond donors (Lipinski definition) is 1. The van der Waals surface area contributed by atoms with Gasteiger partial charge in [0, 0.05) is 37.8 Å². The summed E-state index contributed by atoms with van der Waals surface area (Å²) >= 11 is 0. The summed E-state index contributed by atoms with van der Waals surface area (Å²) < 4.78 is 22.0. The van der Waals surface area contributed by atoms with E-state index in [9.17, 15) is 13.2 Å². The third-order valence-electron chi connectivity index (χ3n) is 2.77. The molecule has 16 heavy (non-hydrogen) atoms. The first-order valence-electron chi connectivity index (χ1n) is 5.50. The molecule has 0 aromatic heterocycles. The first kappa shape index (κ1) is 13.4. The second kappa shape index (κ2) is 5.14. The second-order valence-electron chi connectivity index (χ2n) is 4.58. The van der Waals surface area contributed by atoms with Crippen molar-refractivity contribution < 1.29 is 13.2 Å². The fourth-order valence-electron chi connectivity index (χ4n) is 1.79. The Morgan fingerprint density at radius 1 is 1.44 bits per heavy atom. The van der Waals surface area contributed by atoms with Crippen molar-refractivity contribution in [1.29, 1.82) is 0 Å². The average Bonchev–Trinajstić information content (AvgIpc) is 2.17. The molecule has 0 aliphatic carbocycles. The Morgan fingerprint density at radius 2 is 2.06 bits per heavy atom. The highest BCUT2D eigenvalue weighted by atomic mass is 32.2. The fraction of sp³-hybridized carbons (Fsp3) is 0.900. The SMILES string of the molecule is CC1CN(C(=O)CCS(C)(=O)=O)C(C)CN1. The highest BCUT2D eigenvalue weighted by Gasteiger charge is 2.26. The minimum absolute atomic E-state index is 0.0587. The van der Waals surface area contributed by atoms with Crippen LogP contribution in [0, 0.1) is 0 Å². The molecule has 2 unspecified atom stereocenters. The minimum Gasteiger partial charge on any atom is -0.337 e. The molecular weight excluding hydrogens is 228 g/mol. The Balaban J connectivity index is 2.52. The zero-order chi connectivity index (χ0) is 12.3. The molecule has 1 N–H and O–H groups in total. The maximum absolute atomic E-state index is 11.8. The van der Waals surface area contributed by atoms with Crippen LogP contribution in [0.25, 0.3) is 0 Å². The van der Waals surface area contributed by atoms with E-state index in [1.165, 1.54) is 0 Å². The van der Waals surface area contributed by atoms with Crippen molar-refractivity contribution in [2.24, 2.45) is 0 Å². The summed E-state index contributed by atoms with van der Waals surface area (Å²) in [5, 5.41) is 3.28. The van der Waals surface area contributed by atoms with Crippen LogP contribution < -0.4 is 5.32 Å². The molecule has 0 saturated carbocycles. The molecule has 1 aliphatic rings. The van der Waals surface area contributed by atoms with Crippen LogP contribution in [-0.4, -0.2) is 56.4 Å². The first-order chi connectivity index (χ1) is 7.29. The first-order valence-corrected chi connectivity index (χ1v) is 7.56. The zero-order valence-corrected chi connectivity index (χ0v) is 10.9. The average molecular weight is 248 g/mol. The van der Waals surface area contributed by atoms with E-state index in [-0.39, 0.29) is 30.2 Å². The van der Waals surface area contributed by atoms with Gasteiger partial charge < -0.3 is 10.2 Å². The van der Waals surface area contributed by atoms with E-state index in [4.69, 9.17) is 0 Å². The van der Waals surface area contributed by atoms with E-state index in [1.807, 2.05) is 13.8 Å². The third kappa shape index (κ3) is 4.09. The molecule has 5 nitrogen and oxygen atoms in total. The molecule has 0 aromatic carbocycles. The molecule has 1 aliphatic heterocycles. The standard InChI is InChI=1S/C10H20N2O3S/c1-8-7-12(9(2)6-11-8)10(13)4-5-16(3,14)15/h8-9,11H,4-7H2,1-3H3. The predicted molar refractivity (Wildman–Crippen MR) is 63.0 cm³/mol. The van der Waals surface area contributed by atoms with Crippen molar-refractivity contribution in [2.75, 3.05) is 25.1 Å². The van der Waals surface area contributed by atoms with Crippen LogP contribution in [0.2, 0.25) is 0 Å². The van der Waals surface area contributed by atoms with Gasteiger partial charge in [0.15, 0.2) is 0 Å². The van der Waals surface area contributed by atoms with Crippen molar-refractivity contribution in [3.63, 3.8) is 0 Å². The Hall–Kier alpha value is -0.620. The van der Waals surface area contributed by atoms with E-state index in [2.05, 4.69) is 5.32 Å². The number of rotatable bonds is 3. The van der Waals surface area contributed by atoms with Crippen LogP contribution in [0.3, 0.4) is 0 Å². The lowest BCUT2D eigenvalue weighted by atomic mass is 10.1. The number of piperazine rings is 1. The molecule has 2 atom stereocenters. The highest BCUT2D eigenvalue weighted by molar-refractivity contribution is 7.90. The van der Waals surface area contributed by atoms with Crippen molar-refractivity contribution in [3.05, 3.63) is 0 Å². The number of carbonyl (C=O) groups is 1. The van der Waals surface area contributed by atoms with Gasteiger partial charge in [-0.2, -0.15) is 0 Å². The quantitative estimate of drug-likeness (QED) is 0.740. The molecule has 0 radical (unpaired) electrons. The molecule has 1 amide bonds. The van der Waals surface area contributed by atoms with Gasteiger partial charge in [0.25, 0.3) is 0 Å². The van der Waals surface area contributed by atoms with Gasteiger partial charge in [-0.3, -0.25) is 4.79 Å². The highest BCUT2D eigenvalue weighted by Crippen LogP contribution is 2.09. The van der Waals surface area contributed by atoms with Gasteiger partial charge >= 0.3 is 0 Å². The van der Waals surface area contributed by atoms with Crippen LogP contribution in [0.15, 0.2) is 0 Å². The van der Waals surface area contributed by atoms with E-state index >= 15 is 0 Å². The third-order valence-corrected chi connectivity index (χ3v) is 3.72. The molecule has 1 saturated heterocycles. The van der Waals surface area contributed by atoms with Crippen molar-refractivity contribution in [2.45, 2.75) is 32.4 Å². The molecule has 0 bridgehead atoms. The summed E-state index contributed by atoms with van der Waals surface area (Å²) in [6.07, 6.45) is 1.25. The van der Waals surface area contributed by atoms with Gasteiger partial charge in [-0.05, 0) is 13.8 Å². The van der Waals surface area contributed by atoms with Crippen molar-refractivity contribution in [1.82, 2.24) is 10.2 Å². The Labute approximate surface area is 97.1 Å². The molecule has 0 spiro atoms. The second-order valence-corrected chi connectivity index (χ2v) is 6.84. The lowest BCUT2D eigenvalue weighted by molar-refractivity contribution is -0.134. The maximum atomic E-state index is 11.8. The van der Waals surface area contributed by atoms with Gasteiger partial charge in [0.2, 0.25) is 5.91 Å². The molecule has 6 heteroatoms. The van der Waals surface area contributed by atoms with Gasteiger partial charge in [0.05, 0.1) is 5.75 Å². The largest absolute Gasteiger partial charge is 0.337 e. The fourth-order valence-corrected chi connectivity index (χ4v) is 2.33. The van der Waals surface area contributed by atoms with Crippen LogP contribution in [-0.2, 0) is 14.6 Å².